The fourth-order valence-corrected chi connectivity index (χ4v) is 1.64. The zero-order valence-electron chi connectivity index (χ0n) is 11.3. The van der Waals surface area contributed by atoms with Crippen LogP contribution in [0.15, 0.2) is 18.2 Å². The second-order valence-corrected chi connectivity index (χ2v) is 3.84. The van der Waals surface area contributed by atoms with Crippen LogP contribution >= 0.6 is 0 Å². The number of hydrogen-bond acceptors (Lipinski definition) is 6. The fourth-order valence-electron chi connectivity index (χ4n) is 1.64. The average Bonchev–Trinajstić information content (AvgIpc) is 2.46. The summed E-state index contributed by atoms with van der Waals surface area (Å²) in [5.41, 5.74) is 1.84. The number of benzene rings is 1. The van der Waals surface area contributed by atoms with Crippen LogP contribution in [0.2, 0.25) is 0 Å². The van der Waals surface area contributed by atoms with Crippen LogP contribution in [-0.4, -0.2) is 36.3 Å². The largest absolute Gasteiger partial charge is 0.496 e. The summed E-state index contributed by atoms with van der Waals surface area (Å²) in [4.78, 5) is 12.4. The smallest absolute Gasteiger partial charge is 0.322 e. The first-order chi connectivity index (χ1) is 9.17. The Morgan fingerprint density at radius 3 is 2.00 bits per heavy atom. The molecule has 0 aliphatic rings. The van der Waals surface area contributed by atoms with Crippen LogP contribution in [0.4, 0.5) is 0 Å². The zero-order valence-corrected chi connectivity index (χ0v) is 11.3. The van der Waals surface area contributed by atoms with Gasteiger partial charge >= 0.3 is 12.0 Å². The summed E-state index contributed by atoms with van der Waals surface area (Å²) >= 11 is 0. The van der Waals surface area contributed by atoms with E-state index in [1.807, 2.05) is 25.1 Å². The van der Waals surface area contributed by atoms with Gasteiger partial charge in [0.1, 0.15) is 5.75 Å². The van der Waals surface area contributed by atoms with Crippen molar-refractivity contribution in [2.75, 3.05) is 21.3 Å². The Bertz CT molecular complexity index is 565. The maximum atomic E-state index is 5.32. The Morgan fingerprint density at radius 1 is 0.842 bits per heavy atom. The van der Waals surface area contributed by atoms with Crippen LogP contribution in [-0.2, 0) is 0 Å². The van der Waals surface area contributed by atoms with E-state index >= 15 is 0 Å². The van der Waals surface area contributed by atoms with E-state index in [0.29, 0.717) is 11.6 Å². The van der Waals surface area contributed by atoms with E-state index in [4.69, 9.17) is 14.2 Å². The van der Waals surface area contributed by atoms with Crippen molar-refractivity contribution in [3.63, 3.8) is 0 Å². The minimum absolute atomic E-state index is 0.199. The summed E-state index contributed by atoms with van der Waals surface area (Å²) in [7, 11) is 4.59. The van der Waals surface area contributed by atoms with Crippen LogP contribution in [0, 0.1) is 6.92 Å². The second kappa shape index (κ2) is 5.51. The van der Waals surface area contributed by atoms with Crippen molar-refractivity contribution in [3.8, 4) is 29.2 Å². The Kier molecular flexibility index (Phi) is 3.79. The molecule has 0 spiro atoms. The summed E-state index contributed by atoms with van der Waals surface area (Å²) in [6.45, 7) is 1.98. The molecule has 0 N–H and O–H groups in total. The average molecular weight is 261 g/mol. The van der Waals surface area contributed by atoms with Crippen molar-refractivity contribution in [2.24, 2.45) is 0 Å². The molecular weight excluding hydrogens is 246 g/mol. The molecule has 0 unspecified atom stereocenters. The van der Waals surface area contributed by atoms with Crippen LogP contribution in [0.5, 0.6) is 17.8 Å². The quantitative estimate of drug-likeness (QED) is 0.837. The predicted octanol–water partition coefficient (Wildman–Crippen LogP) is 1.87. The molecular formula is C13H15N3O3. The first kappa shape index (κ1) is 13.1. The minimum Gasteiger partial charge on any atom is -0.496 e. The molecule has 1 heterocycles. The molecule has 0 fully saturated rings. The molecule has 0 saturated carbocycles. The lowest BCUT2D eigenvalue weighted by Gasteiger charge is -2.09. The molecule has 1 aromatic carbocycles. The van der Waals surface area contributed by atoms with E-state index in [1.165, 1.54) is 14.2 Å². The highest BCUT2D eigenvalue weighted by molar-refractivity contribution is 5.65. The summed E-state index contributed by atoms with van der Waals surface area (Å²) in [6, 6.07) is 6.16. The van der Waals surface area contributed by atoms with E-state index in [9.17, 15) is 0 Å². The third-order valence-corrected chi connectivity index (χ3v) is 2.56. The van der Waals surface area contributed by atoms with Gasteiger partial charge in [0.15, 0.2) is 5.82 Å². The number of aromatic nitrogens is 3. The summed E-state index contributed by atoms with van der Waals surface area (Å²) in [5, 5.41) is 0. The number of aryl methyl sites for hydroxylation is 1. The van der Waals surface area contributed by atoms with Gasteiger partial charge in [-0.1, -0.05) is 11.6 Å². The summed E-state index contributed by atoms with van der Waals surface area (Å²) in [6.07, 6.45) is 0. The molecule has 6 heteroatoms. The van der Waals surface area contributed by atoms with E-state index in [1.54, 1.807) is 7.11 Å². The Balaban J connectivity index is 2.60. The second-order valence-electron chi connectivity index (χ2n) is 3.84. The maximum absolute atomic E-state index is 5.32. The van der Waals surface area contributed by atoms with Gasteiger partial charge in [-0.15, -0.1) is 4.98 Å². The first-order valence-corrected chi connectivity index (χ1v) is 5.67. The molecule has 0 saturated heterocycles. The predicted molar refractivity (Wildman–Crippen MR) is 69.7 cm³/mol. The number of ether oxygens (including phenoxy) is 3. The van der Waals surface area contributed by atoms with Crippen molar-refractivity contribution in [1.82, 2.24) is 15.0 Å². The molecule has 6 nitrogen and oxygen atoms in total. The van der Waals surface area contributed by atoms with Crippen LogP contribution < -0.4 is 14.2 Å². The SMILES string of the molecule is COc1nc(OC)nc(-c2cc(C)ccc2OC)n1. The number of methoxy groups -OCH3 is 3. The molecule has 0 radical (unpaired) electrons. The van der Waals surface area contributed by atoms with Crippen molar-refractivity contribution >= 4 is 0 Å². The van der Waals surface area contributed by atoms with Crippen LogP contribution in [0.25, 0.3) is 11.4 Å². The maximum Gasteiger partial charge on any atom is 0.322 e. The Labute approximate surface area is 111 Å². The lowest BCUT2D eigenvalue weighted by Crippen LogP contribution is -2.02. The molecule has 0 atom stereocenters. The van der Waals surface area contributed by atoms with Gasteiger partial charge in [0.25, 0.3) is 0 Å². The summed E-state index contributed by atoms with van der Waals surface area (Å²) in [5.74, 6) is 1.13. The fraction of sp³-hybridized carbons (Fsp3) is 0.308. The highest BCUT2D eigenvalue weighted by Crippen LogP contribution is 2.29. The van der Waals surface area contributed by atoms with Crippen LogP contribution in [0.3, 0.4) is 0 Å². The van der Waals surface area contributed by atoms with E-state index in [-0.39, 0.29) is 12.0 Å². The standard InChI is InChI=1S/C13H15N3O3/c1-8-5-6-10(17-2)9(7-8)11-14-12(18-3)16-13(15-11)19-4/h5-7H,1-4H3. The zero-order chi connectivity index (χ0) is 13.8. The monoisotopic (exact) mass is 261 g/mol. The molecule has 100 valence electrons. The topological polar surface area (TPSA) is 66.4 Å². The molecule has 2 aromatic rings. The molecule has 0 aliphatic carbocycles. The molecule has 19 heavy (non-hydrogen) atoms. The highest BCUT2D eigenvalue weighted by atomic mass is 16.5. The molecule has 0 amide bonds. The van der Waals surface area contributed by atoms with Gasteiger partial charge in [-0.2, -0.15) is 9.97 Å². The van der Waals surface area contributed by atoms with Gasteiger partial charge in [-0.25, -0.2) is 0 Å². The van der Waals surface area contributed by atoms with Crippen molar-refractivity contribution in [3.05, 3.63) is 23.8 Å². The molecule has 1 aromatic heterocycles. The van der Waals surface area contributed by atoms with Gasteiger partial charge < -0.3 is 14.2 Å². The van der Waals surface area contributed by atoms with E-state index < -0.39 is 0 Å². The third kappa shape index (κ3) is 2.73. The lowest BCUT2D eigenvalue weighted by atomic mass is 10.1. The normalized spacial score (nSPS) is 10.1. The lowest BCUT2D eigenvalue weighted by molar-refractivity contribution is 0.340. The van der Waals surface area contributed by atoms with Gasteiger partial charge in [0.05, 0.1) is 26.9 Å². The molecule has 0 aliphatic heterocycles. The van der Waals surface area contributed by atoms with E-state index in [0.717, 1.165) is 11.1 Å². The van der Waals surface area contributed by atoms with Gasteiger partial charge in [-0.05, 0) is 19.1 Å². The Hall–Kier alpha value is -2.37. The Morgan fingerprint density at radius 2 is 1.47 bits per heavy atom. The molecule has 2 rings (SSSR count). The number of hydrogen-bond donors (Lipinski definition) is 0. The van der Waals surface area contributed by atoms with Crippen molar-refractivity contribution in [2.45, 2.75) is 6.92 Å². The third-order valence-electron chi connectivity index (χ3n) is 2.56. The van der Waals surface area contributed by atoms with Crippen molar-refractivity contribution in [1.29, 1.82) is 0 Å². The summed E-state index contributed by atoms with van der Waals surface area (Å²) < 4.78 is 15.4. The van der Waals surface area contributed by atoms with Crippen molar-refractivity contribution < 1.29 is 14.2 Å². The highest BCUT2D eigenvalue weighted by Gasteiger charge is 2.13. The van der Waals surface area contributed by atoms with Crippen LogP contribution in [0.1, 0.15) is 5.56 Å². The first-order valence-electron chi connectivity index (χ1n) is 5.67. The van der Waals surface area contributed by atoms with E-state index in [2.05, 4.69) is 15.0 Å². The molecule has 0 bridgehead atoms. The number of rotatable bonds is 4. The van der Waals surface area contributed by atoms with Gasteiger partial charge in [0, 0.05) is 0 Å². The minimum atomic E-state index is 0.199. The van der Waals surface area contributed by atoms with Gasteiger partial charge in [-0.3, -0.25) is 0 Å². The number of nitrogens with zero attached hydrogens (tertiary/aromatic N) is 3. The van der Waals surface area contributed by atoms with Gasteiger partial charge in [0.2, 0.25) is 0 Å².